The Morgan fingerprint density at radius 1 is 1.16 bits per heavy atom. The number of ether oxygens (including phenoxy) is 1. The predicted octanol–water partition coefficient (Wildman–Crippen LogP) is 3.87. The van der Waals surface area contributed by atoms with E-state index in [4.69, 9.17) is 27.9 Å². The van der Waals surface area contributed by atoms with E-state index in [-0.39, 0.29) is 37.2 Å². The van der Waals surface area contributed by atoms with Gasteiger partial charge in [-0.15, -0.1) is 0 Å². The number of nitrogens with one attached hydrogen (secondary N) is 1. The molecule has 3 rings (SSSR count). The Bertz CT molecular complexity index is 998. The Kier molecular flexibility index (Phi) is 8.16. The van der Waals surface area contributed by atoms with E-state index in [2.05, 4.69) is 5.32 Å². The Morgan fingerprint density at radius 3 is 2.52 bits per heavy atom. The van der Waals surface area contributed by atoms with Crippen LogP contribution in [0.5, 0.6) is 5.75 Å². The molecule has 0 aliphatic carbocycles. The summed E-state index contributed by atoms with van der Waals surface area (Å²) in [5.74, 6) is -0.835. The molecule has 31 heavy (non-hydrogen) atoms. The monoisotopic (exact) mass is 488 g/mol. The van der Waals surface area contributed by atoms with E-state index in [0.29, 0.717) is 40.7 Å². The molecule has 1 heterocycles. The molecule has 0 unspecified atom stereocenters. The van der Waals surface area contributed by atoms with Crippen molar-refractivity contribution in [3.63, 3.8) is 0 Å². The third-order valence-electron chi connectivity index (χ3n) is 5.02. The van der Waals surface area contributed by atoms with Gasteiger partial charge in [0.25, 0.3) is 0 Å². The maximum Gasteiger partial charge on any atom is 0.224 e. The topological polar surface area (TPSA) is 75.7 Å². The summed E-state index contributed by atoms with van der Waals surface area (Å²) in [6.07, 6.45) is 1.18. The summed E-state index contributed by atoms with van der Waals surface area (Å²) < 4.78 is 45.5. The Labute approximate surface area is 191 Å². The van der Waals surface area contributed by atoms with E-state index in [9.17, 15) is 17.6 Å². The van der Waals surface area contributed by atoms with Gasteiger partial charge in [0.1, 0.15) is 18.2 Å². The number of hydrogen-bond acceptors (Lipinski definition) is 4. The van der Waals surface area contributed by atoms with Gasteiger partial charge < -0.3 is 10.1 Å². The van der Waals surface area contributed by atoms with Crippen molar-refractivity contribution < 1.29 is 22.3 Å². The van der Waals surface area contributed by atoms with Crippen molar-refractivity contribution in [2.45, 2.75) is 18.6 Å². The van der Waals surface area contributed by atoms with Crippen molar-refractivity contribution >= 4 is 39.1 Å². The van der Waals surface area contributed by atoms with Gasteiger partial charge in [-0.25, -0.2) is 17.1 Å². The number of benzene rings is 2. The second-order valence-corrected chi connectivity index (χ2v) is 10.0. The van der Waals surface area contributed by atoms with Crippen LogP contribution < -0.4 is 10.1 Å². The minimum atomic E-state index is -3.68. The molecule has 1 aliphatic heterocycles. The zero-order valence-corrected chi connectivity index (χ0v) is 19.0. The fraction of sp³-hybridized carbons (Fsp3) is 0.381. The summed E-state index contributed by atoms with van der Waals surface area (Å²) >= 11 is 12.2. The number of hydrogen-bond donors (Lipinski definition) is 1. The van der Waals surface area contributed by atoms with Crippen LogP contribution in [0.25, 0.3) is 0 Å². The van der Waals surface area contributed by atoms with Gasteiger partial charge in [0.05, 0.1) is 18.2 Å². The van der Waals surface area contributed by atoms with Gasteiger partial charge in [-0.1, -0.05) is 29.3 Å². The predicted molar refractivity (Wildman–Crippen MR) is 118 cm³/mol. The maximum absolute atomic E-state index is 12.9. The summed E-state index contributed by atoms with van der Waals surface area (Å²) in [4.78, 5) is 12.5. The van der Waals surface area contributed by atoms with Crippen LogP contribution in [0.3, 0.4) is 0 Å². The fourth-order valence-corrected chi connectivity index (χ4v) is 5.73. The molecule has 2 aromatic carbocycles. The van der Waals surface area contributed by atoms with Crippen LogP contribution in [0.2, 0.25) is 10.0 Å². The largest absolute Gasteiger partial charge is 0.492 e. The van der Waals surface area contributed by atoms with Crippen molar-refractivity contribution in [3.05, 3.63) is 63.9 Å². The molecule has 2 aromatic rings. The highest BCUT2D eigenvalue weighted by Crippen LogP contribution is 2.29. The molecule has 1 aliphatic rings. The van der Waals surface area contributed by atoms with Gasteiger partial charge >= 0.3 is 0 Å². The van der Waals surface area contributed by atoms with Gasteiger partial charge in [0.2, 0.25) is 15.9 Å². The molecule has 0 saturated carbocycles. The van der Waals surface area contributed by atoms with Crippen LogP contribution in [0.15, 0.2) is 42.5 Å². The van der Waals surface area contributed by atoms with Crippen molar-refractivity contribution in [2.75, 3.05) is 26.2 Å². The summed E-state index contributed by atoms with van der Waals surface area (Å²) in [6, 6.07) is 10.4. The number of carbonyl (C=O) groups excluding carboxylic acids is 1. The normalized spacial score (nSPS) is 17.3. The molecule has 168 valence electrons. The molecule has 0 aromatic heterocycles. The third kappa shape index (κ3) is 6.55. The van der Waals surface area contributed by atoms with Gasteiger partial charge in [-0.2, -0.15) is 0 Å². The zero-order valence-electron chi connectivity index (χ0n) is 16.7. The number of piperidine rings is 1. The second-order valence-electron chi connectivity index (χ2n) is 7.25. The van der Waals surface area contributed by atoms with Crippen LogP contribution in [-0.4, -0.2) is 44.9 Å². The molecule has 1 saturated heterocycles. The van der Waals surface area contributed by atoms with E-state index in [1.807, 2.05) is 0 Å². The lowest BCUT2D eigenvalue weighted by Crippen LogP contribution is -2.46. The number of rotatable bonds is 8. The molecule has 1 atom stereocenters. The van der Waals surface area contributed by atoms with E-state index in [1.54, 1.807) is 18.2 Å². The smallest absolute Gasteiger partial charge is 0.224 e. The quantitative estimate of drug-likeness (QED) is 0.572. The highest BCUT2D eigenvalue weighted by Gasteiger charge is 2.33. The van der Waals surface area contributed by atoms with Gasteiger partial charge in [-0.3, -0.25) is 4.79 Å². The molecule has 1 amide bonds. The Balaban J connectivity index is 1.51. The van der Waals surface area contributed by atoms with Crippen molar-refractivity contribution in [3.8, 4) is 5.75 Å². The highest BCUT2D eigenvalue weighted by atomic mass is 35.5. The molecule has 0 bridgehead atoms. The summed E-state index contributed by atoms with van der Waals surface area (Å²) in [7, 11) is -3.68. The molecular formula is C21H23Cl2FN2O4S. The third-order valence-corrected chi connectivity index (χ3v) is 7.50. The molecule has 1 fully saturated rings. The first-order valence-corrected chi connectivity index (χ1v) is 12.2. The van der Waals surface area contributed by atoms with Crippen molar-refractivity contribution in [2.24, 2.45) is 5.92 Å². The first-order chi connectivity index (χ1) is 14.8. The average Bonchev–Trinajstić information content (AvgIpc) is 2.75. The number of carbonyl (C=O) groups is 1. The lowest BCUT2D eigenvalue weighted by Gasteiger charge is -2.31. The number of nitrogens with zero attached hydrogens (tertiary/aromatic N) is 1. The van der Waals surface area contributed by atoms with E-state index in [0.717, 1.165) is 0 Å². The van der Waals surface area contributed by atoms with Crippen LogP contribution in [0.4, 0.5) is 4.39 Å². The first kappa shape index (κ1) is 23.8. The Hall–Kier alpha value is -1.87. The SMILES string of the molecule is O=C(NCCOc1ccc(F)cc1)[C@H]1CCCN(S(=O)(=O)Cc2c(Cl)cccc2Cl)C1. The van der Waals surface area contributed by atoms with Gasteiger partial charge in [-0.05, 0) is 49.2 Å². The van der Waals surface area contributed by atoms with Crippen molar-refractivity contribution in [1.82, 2.24) is 9.62 Å². The van der Waals surface area contributed by atoms with E-state index in [1.165, 1.54) is 28.6 Å². The molecule has 6 nitrogen and oxygen atoms in total. The lowest BCUT2D eigenvalue weighted by atomic mass is 9.99. The van der Waals surface area contributed by atoms with E-state index < -0.39 is 15.9 Å². The molecule has 1 N–H and O–H groups in total. The molecule has 0 radical (unpaired) electrons. The molecule has 10 heteroatoms. The molecular weight excluding hydrogens is 466 g/mol. The number of amides is 1. The number of halogens is 3. The lowest BCUT2D eigenvalue weighted by molar-refractivity contribution is -0.126. The minimum Gasteiger partial charge on any atom is -0.492 e. The van der Waals surface area contributed by atoms with Crippen LogP contribution >= 0.6 is 23.2 Å². The van der Waals surface area contributed by atoms with Crippen LogP contribution in [-0.2, 0) is 20.6 Å². The molecule has 0 spiro atoms. The van der Waals surface area contributed by atoms with Gasteiger partial charge in [0.15, 0.2) is 0 Å². The first-order valence-electron chi connectivity index (χ1n) is 9.83. The number of sulfonamides is 1. The highest BCUT2D eigenvalue weighted by molar-refractivity contribution is 7.88. The summed E-state index contributed by atoms with van der Waals surface area (Å²) in [5, 5.41) is 3.36. The van der Waals surface area contributed by atoms with Crippen molar-refractivity contribution in [1.29, 1.82) is 0 Å². The standard InChI is InChI=1S/C21H23Cl2FN2O4S/c22-19-4-1-5-20(23)18(19)14-31(28,29)26-11-2-3-15(13-26)21(27)25-10-12-30-17-8-6-16(24)7-9-17/h1,4-9,15H,2-3,10-14H2,(H,25,27)/t15-/m0/s1. The second kappa shape index (κ2) is 10.6. The maximum atomic E-state index is 12.9. The fourth-order valence-electron chi connectivity index (χ4n) is 3.37. The Morgan fingerprint density at radius 2 is 1.84 bits per heavy atom. The van der Waals surface area contributed by atoms with E-state index >= 15 is 0 Å². The van der Waals surface area contributed by atoms with Crippen LogP contribution in [0, 0.1) is 11.7 Å². The minimum absolute atomic E-state index is 0.106. The van der Waals surface area contributed by atoms with Gasteiger partial charge in [0, 0.05) is 28.7 Å². The summed E-state index contributed by atoms with van der Waals surface area (Å²) in [6.45, 7) is 0.933. The average molecular weight is 489 g/mol. The van der Waals surface area contributed by atoms with Crippen LogP contribution in [0.1, 0.15) is 18.4 Å². The summed E-state index contributed by atoms with van der Waals surface area (Å²) in [5.41, 5.74) is 0.357. The zero-order chi connectivity index (χ0) is 22.4.